The lowest BCUT2D eigenvalue weighted by Crippen LogP contribution is -2.30. The van der Waals surface area contributed by atoms with E-state index in [4.69, 9.17) is 22.7 Å². The molecule has 0 saturated heterocycles. The van der Waals surface area contributed by atoms with Crippen molar-refractivity contribution in [1.82, 2.24) is 0 Å². The molecule has 1 atom stereocenters. The van der Waals surface area contributed by atoms with Crippen LogP contribution in [-0.2, 0) is 0 Å². The molecule has 0 heterocycles. The van der Waals surface area contributed by atoms with E-state index in [1.807, 2.05) is 12.1 Å². The van der Waals surface area contributed by atoms with Gasteiger partial charge in [0.15, 0.2) is 0 Å². The predicted octanol–water partition coefficient (Wildman–Crippen LogP) is 3.49. The summed E-state index contributed by atoms with van der Waals surface area (Å²) in [6, 6.07) is 6.08. The summed E-state index contributed by atoms with van der Waals surface area (Å²) in [6.07, 6.45) is 1.13. The van der Waals surface area contributed by atoms with Crippen LogP contribution in [0, 0.1) is 11.3 Å². The lowest BCUT2D eigenvalue weighted by atomic mass is 10.0. The SMILES string of the molecule is CC(C)CC(C)N(C)c1ccc(C(=N)N)c(Cl)c1. The first-order chi connectivity index (χ1) is 8.32. The Bertz CT molecular complexity index is 429. The Morgan fingerprint density at radius 2 is 2.00 bits per heavy atom. The van der Waals surface area contributed by atoms with Crippen LogP contribution in [0.5, 0.6) is 0 Å². The van der Waals surface area contributed by atoms with Gasteiger partial charge < -0.3 is 10.6 Å². The fraction of sp³-hybridized carbons (Fsp3) is 0.500. The minimum Gasteiger partial charge on any atom is -0.384 e. The Hall–Kier alpha value is -1.22. The molecule has 0 amide bonds. The van der Waals surface area contributed by atoms with Crippen molar-refractivity contribution in [3.8, 4) is 0 Å². The molecule has 0 spiro atoms. The third kappa shape index (κ3) is 3.64. The summed E-state index contributed by atoms with van der Waals surface area (Å²) in [5.74, 6) is 0.666. The Kier molecular flexibility index (Phi) is 5.03. The van der Waals surface area contributed by atoms with Crippen LogP contribution in [0.1, 0.15) is 32.8 Å². The first kappa shape index (κ1) is 14.8. The van der Waals surface area contributed by atoms with E-state index in [1.54, 1.807) is 6.07 Å². The second kappa shape index (κ2) is 6.10. The summed E-state index contributed by atoms with van der Waals surface area (Å²) in [5, 5.41) is 7.94. The number of hydrogen-bond acceptors (Lipinski definition) is 2. The van der Waals surface area contributed by atoms with Crippen molar-refractivity contribution in [2.24, 2.45) is 11.7 Å². The first-order valence-electron chi connectivity index (χ1n) is 6.19. The molecule has 1 aromatic rings. The van der Waals surface area contributed by atoms with Crippen molar-refractivity contribution >= 4 is 23.1 Å². The molecule has 1 rings (SSSR count). The van der Waals surface area contributed by atoms with Crippen molar-refractivity contribution in [1.29, 1.82) is 5.41 Å². The van der Waals surface area contributed by atoms with Gasteiger partial charge in [0.1, 0.15) is 5.84 Å². The van der Waals surface area contributed by atoms with Gasteiger partial charge in [-0.2, -0.15) is 0 Å². The Labute approximate surface area is 114 Å². The molecule has 3 N–H and O–H groups in total. The molecule has 4 heteroatoms. The van der Waals surface area contributed by atoms with E-state index in [0.717, 1.165) is 12.1 Å². The standard InChI is InChI=1S/C14H22ClN3/c1-9(2)7-10(3)18(4)11-5-6-12(14(16)17)13(15)8-11/h5-6,8-10H,7H2,1-4H3,(H3,16,17). The van der Waals surface area contributed by atoms with Crippen LogP contribution in [0.4, 0.5) is 5.69 Å². The highest BCUT2D eigenvalue weighted by Crippen LogP contribution is 2.25. The third-order valence-corrected chi connectivity index (χ3v) is 3.44. The zero-order valence-corrected chi connectivity index (χ0v) is 12.3. The highest BCUT2D eigenvalue weighted by Gasteiger charge is 2.13. The fourth-order valence-corrected chi connectivity index (χ4v) is 2.31. The number of amidine groups is 1. The molecule has 1 unspecified atom stereocenters. The third-order valence-electron chi connectivity index (χ3n) is 3.12. The second-order valence-electron chi connectivity index (χ2n) is 5.17. The zero-order chi connectivity index (χ0) is 13.9. The largest absolute Gasteiger partial charge is 0.384 e. The summed E-state index contributed by atoms with van der Waals surface area (Å²) in [6.45, 7) is 6.64. The van der Waals surface area contributed by atoms with Gasteiger partial charge in [-0.15, -0.1) is 0 Å². The van der Waals surface area contributed by atoms with E-state index in [2.05, 4.69) is 32.7 Å². The Balaban J connectivity index is 2.90. The van der Waals surface area contributed by atoms with Crippen molar-refractivity contribution < 1.29 is 0 Å². The van der Waals surface area contributed by atoms with Gasteiger partial charge in [-0.3, -0.25) is 5.41 Å². The molecule has 0 aliphatic heterocycles. The lowest BCUT2D eigenvalue weighted by molar-refractivity contribution is 0.504. The van der Waals surface area contributed by atoms with Crippen molar-refractivity contribution in [3.63, 3.8) is 0 Å². The molecule has 0 aliphatic carbocycles. The number of nitrogens with two attached hydrogens (primary N) is 1. The van der Waals surface area contributed by atoms with Gasteiger partial charge in [-0.1, -0.05) is 25.4 Å². The Morgan fingerprint density at radius 1 is 1.39 bits per heavy atom. The molecule has 0 bridgehead atoms. The monoisotopic (exact) mass is 267 g/mol. The summed E-state index contributed by atoms with van der Waals surface area (Å²) in [4.78, 5) is 2.20. The van der Waals surface area contributed by atoms with Gasteiger partial charge in [0.05, 0.1) is 5.02 Å². The highest BCUT2D eigenvalue weighted by molar-refractivity contribution is 6.34. The number of rotatable bonds is 5. The van der Waals surface area contributed by atoms with E-state index in [9.17, 15) is 0 Å². The van der Waals surface area contributed by atoms with Gasteiger partial charge >= 0.3 is 0 Å². The minimum atomic E-state index is 0.00410. The average molecular weight is 268 g/mol. The molecule has 0 radical (unpaired) electrons. The summed E-state index contributed by atoms with van der Waals surface area (Å²) in [7, 11) is 2.06. The van der Waals surface area contributed by atoms with Crippen LogP contribution in [-0.4, -0.2) is 18.9 Å². The number of halogens is 1. The van der Waals surface area contributed by atoms with Crippen LogP contribution in [0.3, 0.4) is 0 Å². The molecular weight excluding hydrogens is 246 g/mol. The highest BCUT2D eigenvalue weighted by atomic mass is 35.5. The summed E-state index contributed by atoms with van der Waals surface area (Å²) < 4.78 is 0. The Morgan fingerprint density at radius 3 is 2.44 bits per heavy atom. The smallest absolute Gasteiger partial charge is 0.124 e. The molecule has 0 aliphatic rings. The number of hydrogen-bond donors (Lipinski definition) is 2. The maximum absolute atomic E-state index is 7.41. The molecule has 0 aromatic heterocycles. The molecule has 1 aromatic carbocycles. The zero-order valence-electron chi connectivity index (χ0n) is 11.5. The van der Waals surface area contributed by atoms with Gasteiger partial charge in [-0.25, -0.2) is 0 Å². The van der Waals surface area contributed by atoms with E-state index in [-0.39, 0.29) is 5.84 Å². The van der Waals surface area contributed by atoms with Crippen molar-refractivity contribution in [3.05, 3.63) is 28.8 Å². The maximum atomic E-state index is 7.41. The quantitative estimate of drug-likeness (QED) is 0.634. The number of nitrogens with zero attached hydrogens (tertiary/aromatic N) is 1. The molecule has 0 saturated carbocycles. The summed E-state index contributed by atoms with van der Waals surface area (Å²) >= 11 is 6.13. The average Bonchev–Trinajstić information content (AvgIpc) is 2.26. The normalized spacial score (nSPS) is 12.6. The lowest BCUT2D eigenvalue weighted by Gasteiger charge is -2.28. The molecular formula is C14H22ClN3. The van der Waals surface area contributed by atoms with Gasteiger partial charge in [0.2, 0.25) is 0 Å². The number of nitrogen functional groups attached to an aromatic ring is 1. The molecule has 18 heavy (non-hydrogen) atoms. The van der Waals surface area contributed by atoms with Crippen LogP contribution in [0.25, 0.3) is 0 Å². The van der Waals surface area contributed by atoms with Gasteiger partial charge in [-0.05, 0) is 37.5 Å². The van der Waals surface area contributed by atoms with E-state index in [0.29, 0.717) is 22.5 Å². The van der Waals surface area contributed by atoms with Gasteiger partial charge in [0, 0.05) is 24.3 Å². The van der Waals surface area contributed by atoms with Crippen LogP contribution >= 0.6 is 11.6 Å². The maximum Gasteiger partial charge on any atom is 0.124 e. The van der Waals surface area contributed by atoms with E-state index < -0.39 is 0 Å². The number of benzene rings is 1. The van der Waals surface area contributed by atoms with Crippen LogP contribution < -0.4 is 10.6 Å². The van der Waals surface area contributed by atoms with Crippen molar-refractivity contribution in [2.45, 2.75) is 33.2 Å². The van der Waals surface area contributed by atoms with Gasteiger partial charge in [0.25, 0.3) is 0 Å². The van der Waals surface area contributed by atoms with Crippen LogP contribution in [0.2, 0.25) is 5.02 Å². The molecule has 100 valence electrons. The topological polar surface area (TPSA) is 53.1 Å². The molecule has 0 fully saturated rings. The van der Waals surface area contributed by atoms with Crippen molar-refractivity contribution in [2.75, 3.05) is 11.9 Å². The minimum absolute atomic E-state index is 0.00410. The number of nitrogens with one attached hydrogen (secondary N) is 1. The first-order valence-corrected chi connectivity index (χ1v) is 6.57. The van der Waals surface area contributed by atoms with Crippen LogP contribution in [0.15, 0.2) is 18.2 Å². The molecule has 3 nitrogen and oxygen atoms in total. The fourth-order valence-electron chi connectivity index (χ4n) is 2.04. The summed E-state index contributed by atoms with van der Waals surface area (Å²) in [5.41, 5.74) is 7.09. The van der Waals surface area contributed by atoms with E-state index >= 15 is 0 Å². The van der Waals surface area contributed by atoms with E-state index in [1.165, 1.54) is 0 Å². The second-order valence-corrected chi connectivity index (χ2v) is 5.57. The predicted molar refractivity (Wildman–Crippen MR) is 79.8 cm³/mol. The number of anilines is 1.